The highest BCUT2D eigenvalue weighted by Crippen LogP contribution is 2.58. The number of hydrogen-bond acceptors (Lipinski definition) is 5. The molecule has 0 aromatic heterocycles. The second-order valence-electron chi connectivity index (χ2n) is 10.2. The van der Waals surface area contributed by atoms with Gasteiger partial charge in [0, 0.05) is 11.8 Å². The molecule has 5 aromatic carbocycles. The number of esters is 1. The average Bonchev–Trinajstić information content (AvgIpc) is 2.97. The molecule has 10 heteroatoms. The van der Waals surface area contributed by atoms with Gasteiger partial charge in [0.25, 0.3) is 0 Å². The summed E-state index contributed by atoms with van der Waals surface area (Å²) in [5.74, 6) is -14.3. The quantitative estimate of drug-likeness (QED) is 0.0788. The maximum atomic E-state index is 14.7. The summed E-state index contributed by atoms with van der Waals surface area (Å²) in [6, 6.07) is 23.2. The highest BCUT2D eigenvalue weighted by Gasteiger charge is 2.49. The molecule has 0 saturated carbocycles. The lowest BCUT2D eigenvalue weighted by atomic mass is 9.57. The lowest BCUT2D eigenvalue weighted by Crippen LogP contribution is -2.38. The third-order valence-electron chi connectivity index (χ3n) is 8.21. The molecule has 0 amide bonds. The van der Waals surface area contributed by atoms with Gasteiger partial charge in [0.2, 0.25) is 17.4 Å². The number of hydrogen-bond donors (Lipinski definition) is 0. The van der Waals surface area contributed by atoms with Gasteiger partial charge >= 0.3 is 5.97 Å². The first kappa shape index (κ1) is 25.7. The SMILES string of the molecule is O=C(Oc1c(F)c(F)c(S(=O)(=O)[O-])c(F)c1F)C1CC2c3ccc4ccccc4c3C1c1ccc3ccccc3c12. The van der Waals surface area contributed by atoms with E-state index in [1.807, 2.05) is 72.8 Å². The molecule has 5 aromatic rings. The maximum Gasteiger partial charge on any atom is 0.315 e. The zero-order valence-electron chi connectivity index (χ0n) is 20.8. The van der Waals surface area contributed by atoms with Crippen molar-refractivity contribution in [2.45, 2.75) is 23.2 Å². The predicted molar refractivity (Wildman–Crippen MR) is 140 cm³/mol. The summed E-state index contributed by atoms with van der Waals surface area (Å²) in [4.78, 5) is 11.3. The Labute approximate surface area is 230 Å². The molecule has 5 nitrogen and oxygen atoms in total. The molecular weight excluding hydrogens is 560 g/mol. The van der Waals surface area contributed by atoms with Crippen LogP contribution in [0.4, 0.5) is 17.6 Å². The van der Waals surface area contributed by atoms with Gasteiger partial charge in [0.1, 0.15) is 15.0 Å². The number of ether oxygens (including phenoxy) is 1. The number of carbonyl (C=O) groups is 1. The van der Waals surface area contributed by atoms with Gasteiger partial charge in [-0.05, 0) is 50.2 Å². The summed E-state index contributed by atoms with van der Waals surface area (Å²) in [6.07, 6.45) is 0.192. The van der Waals surface area contributed by atoms with Gasteiger partial charge < -0.3 is 9.29 Å². The summed E-state index contributed by atoms with van der Waals surface area (Å²) >= 11 is 0. The Hall–Kier alpha value is -4.28. The van der Waals surface area contributed by atoms with Gasteiger partial charge in [-0.2, -0.15) is 8.78 Å². The minimum atomic E-state index is -5.91. The largest absolute Gasteiger partial charge is 0.744 e. The number of rotatable bonds is 3. The molecule has 0 fully saturated rings. The zero-order valence-corrected chi connectivity index (χ0v) is 21.6. The second kappa shape index (κ2) is 8.86. The van der Waals surface area contributed by atoms with Crippen LogP contribution in [0.25, 0.3) is 21.5 Å². The van der Waals surface area contributed by atoms with Gasteiger partial charge in [0.05, 0.1) is 5.92 Å². The number of halogens is 4. The molecular formula is C31H17F4O5S-. The number of benzene rings is 5. The van der Waals surface area contributed by atoms with Crippen LogP contribution < -0.4 is 4.74 Å². The molecule has 0 heterocycles. The first-order chi connectivity index (χ1) is 19.6. The van der Waals surface area contributed by atoms with Crippen molar-refractivity contribution >= 4 is 37.6 Å². The summed E-state index contributed by atoms with van der Waals surface area (Å²) in [6.45, 7) is 0. The van der Waals surface area contributed by atoms with Gasteiger partial charge in [-0.25, -0.2) is 17.2 Å². The molecule has 0 aliphatic heterocycles. The summed E-state index contributed by atoms with van der Waals surface area (Å²) in [5.41, 5.74) is 3.72. The van der Waals surface area contributed by atoms with Crippen molar-refractivity contribution in [2.24, 2.45) is 5.92 Å². The van der Waals surface area contributed by atoms with E-state index >= 15 is 0 Å². The first-order valence-corrected chi connectivity index (χ1v) is 14.0. The normalized spacial score (nSPS) is 19.3. The van der Waals surface area contributed by atoms with E-state index < -0.39 is 61.8 Å². The van der Waals surface area contributed by atoms with Crippen LogP contribution >= 0.6 is 0 Å². The van der Waals surface area contributed by atoms with Gasteiger partial charge in [-0.3, -0.25) is 4.79 Å². The molecule has 2 bridgehead atoms. The smallest absolute Gasteiger partial charge is 0.315 e. The standard InChI is InChI=1S/C31H18F4O5S/c32-25-27(34)30(41(37,38)39)28(35)26(33)29(25)40-31(36)21-13-20-18-11-9-15-6-2-4-8-17(15)23(18)24(21)19-12-10-14-5-1-3-7-16(14)22(19)20/h1-12,20-21,24H,13H2,(H,37,38,39)/p-1. The van der Waals surface area contributed by atoms with E-state index in [1.165, 1.54) is 0 Å². The Morgan fingerprint density at radius 2 is 1.27 bits per heavy atom. The molecule has 206 valence electrons. The van der Waals surface area contributed by atoms with Crippen molar-refractivity contribution in [2.75, 3.05) is 0 Å². The minimum absolute atomic E-state index is 0.192. The van der Waals surface area contributed by atoms with Crippen molar-refractivity contribution in [1.82, 2.24) is 0 Å². The predicted octanol–water partition coefficient (Wildman–Crippen LogP) is 6.66. The van der Waals surface area contributed by atoms with E-state index in [0.717, 1.165) is 43.8 Å². The molecule has 3 aliphatic carbocycles. The first-order valence-electron chi connectivity index (χ1n) is 12.6. The Bertz CT molecular complexity index is 2050. The molecule has 0 spiro atoms. The van der Waals surface area contributed by atoms with Gasteiger partial charge in [0.15, 0.2) is 11.6 Å². The van der Waals surface area contributed by atoms with Crippen molar-refractivity contribution in [3.05, 3.63) is 118 Å². The third kappa shape index (κ3) is 3.63. The molecule has 3 aliphatic rings. The molecule has 3 atom stereocenters. The molecule has 8 rings (SSSR count). The maximum absolute atomic E-state index is 14.7. The average molecular weight is 578 g/mol. The van der Waals surface area contributed by atoms with Gasteiger partial charge in [-0.15, -0.1) is 0 Å². The van der Waals surface area contributed by atoms with Crippen LogP contribution in [0.15, 0.2) is 77.7 Å². The van der Waals surface area contributed by atoms with Crippen LogP contribution in [0.3, 0.4) is 0 Å². The zero-order chi connectivity index (χ0) is 28.8. The molecule has 3 unspecified atom stereocenters. The summed E-state index contributed by atoms with van der Waals surface area (Å²) in [5, 5.41) is 3.81. The fraction of sp³-hybridized carbons (Fsp3) is 0.129. The highest BCUT2D eigenvalue weighted by atomic mass is 32.2. The molecule has 0 N–H and O–H groups in total. The lowest BCUT2D eigenvalue weighted by molar-refractivity contribution is -0.140. The summed E-state index contributed by atoms with van der Waals surface area (Å²) < 4.78 is 96.9. The fourth-order valence-electron chi connectivity index (χ4n) is 6.61. The Balaban J connectivity index is 1.40. The Kier molecular flexibility index (Phi) is 5.55. The van der Waals surface area contributed by atoms with E-state index in [-0.39, 0.29) is 12.3 Å². The molecule has 0 saturated heterocycles. The van der Waals surface area contributed by atoms with Crippen molar-refractivity contribution in [1.29, 1.82) is 0 Å². The van der Waals surface area contributed by atoms with E-state index in [0.29, 0.717) is 0 Å². The Morgan fingerprint density at radius 3 is 1.85 bits per heavy atom. The van der Waals surface area contributed by atoms with Crippen LogP contribution in [0.2, 0.25) is 0 Å². The second-order valence-corrected chi connectivity index (χ2v) is 11.6. The van der Waals surface area contributed by atoms with Crippen molar-refractivity contribution in [3.63, 3.8) is 0 Å². The Morgan fingerprint density at radius 1 is 0.732 bits per heavy atom. The van der Waals surface area contributed by atoms with Crippen LogP contribution in [-0.2, 0) is 14.9 Å². The summed E-state index contributed by atoms with van der Waals surface area (Å²) in [7, 11) is -5.91. The third-order valence-corrected chi connectivity index (χ3v) is 9.07. The van der Waals surface area contributed by atoms with E-state index in [9.17, 15) is 35.3 Å². The van der Waals surface area contributed by atoms with E-state index in [2.05, 4.69) is 0 Å². The van der Waals surface area contributed by atoms with Gasteiger partial charge in [-0.1, -0.05) is 72.8 Å². The van der Waals surface area contributed by atoms with Crippen molar-refractivity contribution < 1.29 is 40.1 Å². The minimum Gasteiger partial charge on any atom is -0.744 e. The van der Waals surface area contributed by atoms with Crippen molar-refractivity contribution in [3.8, 4) is 5.75 Å². The number of carbonyl (C=O) groups excluding carboxylic acids is 1. The van der Waals surface area contributed by atoms with Crippen LogP contribution in [0, 0.1) is 29.2 Å². The van der Waals surface area contributed by atoms with Crippen LogP contribution in [-0.4, -0.2) is 18.9 Å². The fourth-order valence-corrected chi connectivity index (χ4v) is 7.23. The van der Waals surface area contributed by atoms with Crippen LogP contribution in [0.1, 0.15) is 40.5 Å². The molecule has 0 radical (unpaired) electrons. The monoisotopic (exact) mass is 577 g/mol. The van der Waals surface area contributed by atoms with Crippen LogP contribution in [0.5, 0.6) is 5.75 Å². The highest BCUT2D eigenvalue weighted by molar-refractivity contribution is 7.85. The van der Waals surface area contributed by atoms with E-state index in [4.69, 9.17) is 4.74 Å². The molecule has 41 heavy (non-hydrogen) atoms. The topological polar surface area (TPSA) is 83.5 Å². The number of fused-ring (bicyclic) bond motifs is 3. The lowest BCUT2D eigenvalue weighted by Gasteiger charge is -2.45. The van der Waals surface area contributed by atoms with E-state index in [1.54, 1.807) is 0 Å².